The number of morpholine rings is 1. The first kappa shape index (κ1) is 18.9. The smallest absolute Gasteiger partial charge is 0.247 e. The van der Waals surface area contributed by atoms with Crippen LogP contribution in [0.2, 0.25) is 0 Å². The molecule has 5 rings (SSSR count). The molecule has 1 atom stereocenters. The highest BCUT2D eigenvalue weighted by Gasteiger charge is 2.31. The van der Waals surface area contributed by atoms with Gasteiger partial charge in [-0.05, 0) is 48.7 Å². The van der Waals surface area contributed by atoms with Gasteiger partial charge in [0.15, 0.2) is 0 Å². The van der Waals surface area contributed by atoms with Crippen LogP contribution in [0.5, 0.6) is 0 Å². The third-order valence-electron chi connectivity index (χ3n) is 5.95. The first-order chi connectivity index (χ1) is 14.8. The minimum atomic E-state index is 0.0123. The van der Waals surface area contributed by atoms with Crippen LogP contribution in [-0.2, 0) is 9.53 Å². The Balaban J connectivity index is 1.27. The van der Waals surface area contributed by atoms with Crippen LogP contribution in [0.1, 0.15) is 30.3 Å². The topological polar surface area (TPSA) is 61.5 Å². The standard InChI is InChI=1S/C24H26N4O2/c29-23(12-9-18-7-10-19(11-8-18)27-14-16-30-17-15-27)28-13-3-6-22(28)24-25-20-4-1-2-5-21(20)26-24/h1-2,4-5,7-12,22H,3,6,13-17H2,(H,25,26). The fourth-order valence-corrected chi connectivity index (χ4v) is 4.33. The van der Waals surface area contributed by atoms with Crippen LogP contribution in [0, 0.1) is 0 Å². The van der Waals surface area contributed by atoms with Crippen LogP contribution in [0.3, 0.4) is 0 Å². The molecule has 3 heterocycles. The second-order valence-corrected chi connectivity index (χ2v) is 7.85. The Labute approximate surface area is 176 Å². The Morgan fingerprint density at radius 1 is 1.07 bits per heavy atom. The number of nitrogens with one attached hydrogen (secondary N) is 1. The SMILES string of the molecule is O=C(C=Cc1ccc(N2CCOCC2)cc1)N1CCCC1c1nc2ccccc2[nH]1. The van der Waals surface area contributed by atoms with Crippen LogP contribution in [0.4, 0.5) is 5.69 Å². The summed E-state index contributed by atoms with van der Waals surface area (Å²) in [7, 11) is 0. The van der Waals surface area contributed by atoms with Gasteiger partial charge in [0, 0.05) is 31.4 Å². The lowest BCUT2D eigenvalue weighted by Gasteiger charge is -2.28. The number of fused-ring (bicyclic) bond motifs is 1. The summed E-state index contributed by atoms with van der Waals surface area (Å²) in [5.74, 6) is 0.917. The van der Waals surface area contributed by atoms with Gasteiger partial charge in [0.2, 0.25) is 5.91 Å². The lowest BCUT2D eigenvalue weighted by Crippen LogP contribution is -2.36. The molecule has 0 spiro atoms. The number of amides is 1. The van der Waals surface area contributed by atoms with Crippen LogP contribution in [-0.4, -0.2) is 53.6 Å². The second-order valence-electron chi connectivity index (χ2n) is 7.85. The van der Waals surface area contributed by atoms with Gasteiger partial charge in [0.05, 0.1) is 30.3 Å². The van der Waals surface area contributed by atoms with Crippen LogP contribution in [0.25, 0.3) is 17.1 Å². The van der Waals surface area contributed by atoms with Gasteiger partial charge < -0.3 is 19.5 Å². The summed E-state index contributed by atoms with van der Waals surface area (Å²) in [6, 6.07) is 16.4. The minimum Gasteiger partial charge on any atom is -0.378 e. The molecule has 1 unspecified atom stereocenters. The molecule has 0 radical (unpaired) electrons. The maximum Gasteiger partial charge on any atom is 0.247 e. The Hall–Kier alpha value is -3.12. The quantitative estimate of drug-likeness (QED) is 0.675. The zero-order chi connectivity index (χ0) is 20.3. The molecule has 1 aromatic heterocycles. The Bertz CT molecular complexity index is 1020. The molecule has 2 fully saturated rings. The number of hydrogen-bond acceptors (Lipinski definition) is 4. The number of aromatic amines is 1. The van der Waals surface area contributed by atoms with Crippen molar-refractivity contribution in [2.45, 2.75) is 18.9 Å². The van der Waals surface area contributed by atoms with E-state index in [1.807, 2.05) is 35.2 Å². The number of anilines is 1. The highest BCUT2D eigenvalue weighted by atomic mass is 16.5. The molecular formula is C24H26N4O2. The molecule has 0 saturated carbocycles. The molecule has 6 heteroatoms. The van der Waals surface area contributed by atoms with E-state index in [1.54, 1.807) is 6.08 Å². The van der Waals surface area contributed by atoms with E-state index in [-0.39, 0.29) is 11.9 Å². The van der Waals surface area contributed by atoms with Gasteiger partial charge in [0.1, 0.15) is 5.82 Å². The predicted octanol–water partition coefficient (Wildman–Crippen LogP) is 3.78. The van der Waals surface area contributed by atoms with Gasteiger partial charge >= 0.3 is 0 Å². The predicted molar refractivity (Wildman–Crippen MR) is 118 cm³/mol. The van der Waals surface area contributed by atoms with E-state index < -0.39 is 0 Å². The number of hydrogen-bond donors (Lipinski definition) is 1. The normalized spacial score (nSPS) is 19.8. The summed E-state index contributed by atoms with van der Waals surface area (Å²) in [5.41, 5.74) is 4.19. The number of carbonyl (C=O) groups is 1. The summed E-state index contributed by atoms with van der Waals surface area (Å²) >= 11 is 0. The van der Waals surface area contributed by atoms with Crippen molar-refractivity contribution in [1.82, 2.24) is 14.9 Å². The molecular weight excluding hydrogens is 376 g/mol. The molecule has 1 N–H and O–H groups in total. The lowest BCUT2D eigenvalue weighted by molar-refractivity contribution is -0.126. The number of rotatable bonds is 4. The van der Waals surface area contributed by atoms with Gasteiger partial charge in [-0.3, -0.25) is 4.79 Å². The Morgan fingerprint density at radius 2 is 1.87 bits per heavy atom. The number of nitrogens with zero attached hydrogens (tertiary/aromatic N) is 3. The monoisotopic (exact) mass is 402 g/mol. The first-order valence-electron chi connectivity index (χ1n) is 10.6. The first-order valence-corrected chi connectivity index (χ1v) is 10.6. The van der Waals surface area contributed by atoms with Gasteiger partial charge in [-0.15, -0.1) is 0 Å². The summed E-state index contributed by atoms with van der Waals surface area (Å²) in [5, 5.41) is 0. The summed E-state index contributed by atoms with van der Waals surface area (Å²) in [6.07, 6.45) is 5.52. The lowest BCUT2D eigenvalue weighted by atomic mass is 10.1. The number of imidazole rings is 1. The van der Waals surface area contributed by atoms with E-state index in [1.165, 1.54) is 5.69 Å². The molecule has 2 aliphatic heterocycles. The second kappa shape index (κ2) is 8.32. The van der Waals surface area contributed by atoms with Crippen molar-refractivity contribution in [3.8, 4) is 0 Å². The molecule has 2 aliphatic rings. The fraction of sp³-hybridized carbons (Fsp3) is 0.333. The molecule has 2 aromatic carbocycles. The zero-order valence-electron chi connectivity index (χ0n) is 17.0. The fourth-order valence-electron chi connectivity index (χ4n) is 4.33. The molecule has 1 amide bonds. The van der Waals surface area contributed by atoms with Crippen LogP contribution in [0.15, 0.2) is 54.6 Å². The highest BCUT2D eigenvalue weighted by molar-refractivity contribution is 5.92. The van der Waals surface area contributed by atoms with Gasteiger partial charge in [-0.25, -0.2) is 4.98 Å². The average molecular weight is 402 g/mol. The van der Waals surface area contributed by atoms with E-state index in [4.69, 9.17) is 9.72 Å². The van der Waals surface area contributed by atoms with Gasteiger partial charge in [0.25, 0.3) is 0 Å². The summed E-state index contributed by atoms with van der Waals surface area (Å²) < 4.78 is 5.41. The third kappa shape index (κ3) is 3.83. The van der Waals surface area contributed by atoms with Crippen molar-refractivity contribution in [3.63, 3.8) is 0 Å². The zero-order valence-corrected chi connectivity index (χ0v) is 17.0. The molecule has 154 valence electrons. The van der Waals surface area contributed by atoms with E-state index in [9.17, 15) is 4.79 Å². The van der Waals surface area contributed by atoms with Crippen molar-refractivity contribution in [1.29, 1.82) is 0 Å². The molecule has 0 bridgehead atoms. The van der Waals surface area contributed by atoms with Crippen LogP contribution >= 0.6 is 0 Å². The van der Waals surface area contributed by atoms with Crippen LogP contribution < -0.4 is 4.90 Å². The van der Waals surface area contributed by atoms with Crippen molar-refractivity contribution in [3.05, 3.63) is 66.0 Å². The van der Waals surface area contributed by atoms with E-state index in [0.717, 1.165) is 68.1 Å². The summed E-state index contributed by atoms with van der Waals surface area (Å²) in [4.78, 5) is 25.3. The molecule has 2 saturated heterocycles. The van der Waals surface area contributed by atoms with Crippen molar-refractivity contribution >= 4 is 28.7 Å². The van der Waals surface area contributed by atoms with Crippen molar-refractivity contribution in [2.75, 3.05) is 37.7 Å². The minimum absolute atomic E-state index is 0.0123. The molecule has 6 nitrogen and oxygen atoms in total. The van der Waals surface area contributed by atoms with E-state index in [0.29, 0.717) is 0 Å². The number of H-pyrrole nitrogens is 1. The number of carbonyl (C=O) groups excluding carboxylic acids is 1. The van der Waals surface area contributed by atoms with E-state index >= 15 is 0 Å². The number of benzene rings is 2. The Kier molecular flexibility index (Phi) is 5.24. The highest BCUT2D eigenvalue weighted by Crippen LogP contribution is 2.31. The number of aromatic nitrogens is 2. The Morgan fingerprint density at radius 3 is 2.67 bits per heavy atom. The maximum absolute atomic E-state index is 12.9. The molecule has 3 aromatic rings. The number of ether oxygens (including phenoxy) is 1. The number of likely N-dealkylation sites (tertiary alicyclic amines) is 1. The molecule has 0 aliphatic carbocycles. The maximum atomic E-state index is 12.9. The summed E-state index contributed by atoms with van der Waals surface area (Å²) in [6.45, 7) is 4.16. The number of para-hydroxylation sites is 2. The third-order valence-corrected chi connectivity index (χ3v) is 5.95. The largest absolute Gasteiger partial charge is 0.378 e. The molecule has 30 heavy (non-hydrogen) atoms. The van der Waals surface area contributed by atoms with Gasteiger partial charge in [-0.1, -0.05) is 24.3 Å². The van der Waals surface area contributed by atoms with Crippen molar-refractivity contribution < 1.29 is 9.53 Å². The average Bonchev–Trinajstić information content (AvgIpc) is 3.45. The van der Waals surface area contributed by atoms with E-state index in [2.05, 4.69) is 34.1 Å². The van der Waals surface area contributed by atoms with Gasteiger partial charge in [-0.2, -0.15) is 0 Å². The van der Waals surface area contributed by atoms with Crippen molar-refractivity contribution in [2.24, 2.45) is 0 Å².